The van der Waals surface area contributed by atoms with E-state index in [1.165, 1.54) is 18.4 Å². The highest BCUT2D eigenvalue weighted by molar-refractivity contribution is 7.07. The summed E-state index contributed by atoms with van der Waals surface area (Å²) >= 11 is 1.76. The van der Waals surface area contributed by atoms with Crippen LogP contribution in [0.5, 0.6) is 0 Å². The third-order valence-corrected chi connectivity index (χ3v) is 4.09. The van der Waals surface area contributed by atoms with E-state index in [1.807, 2.05) is 13.2 Å². The van der Waals surface area contributed by atoms with E-state index in [0.717, 1.165) is 30.6 Å². The summed E-state index contributed by atoms with van der Waals surface area (Å²) < 4.78 is 0. The molecule has 5 heteroatoms. The molecule has 2 heterocycles. The number of aromatic nitrogens is 2. The van der Waals surface area contributed by atoms with Crippen molar-refractivity contribution < 1.29 is 0 Å². The SMILES string of the molecule is CNc1cnc(CN(Cc2ccsc2)C2CC2)cn1. The van der Waals surface area contributed by atoms with E-state index < -0.39 is 0 Å². The molecule has 1 N–H and O–H groups in total. The minimum Gasteiger partial charge on any atom is -0.372 e. The van der Waals surface area contributed by atoms with Gasteiger partial charge in [-0.2, -0.15) is 11.3 Å². The van der Waals surface area contributed by atoms with Crippen LogP contribution < -0.4 is 5.32 Å². The number of nitrogens with one attached hydrogen (secondary N) is 1. The molecule has 0 saturated heterocycles. The lowest BCUT2D eigenvalue weighted by molar-refractivity contribution is 0.243. The first-order valence-electron chi connectivity index (χ1n) is 6.59. The topological polar surface area (TPSA) is 41.1 Å². The van der Waals surface area contributed by atoms with Crippen molar-refractivity contribution >= 4 is 17.2 Å². The van der Waals surface area contributed by atoms with Crippen LogP contribution in [0.25, 0.3) is 0 Å². The van der Waals surface area contributed by atoms with Crippen molar-refractivity contribution in [1.82, 2.24) is 14.9 Å². The maximum absolute atomic E-state index is 4.46. The molecule has 0 atom stereocenters. The van der Waals surface area contributed by atoms with Crippen molar-refractivity contribution in [2.75, 3.05) is 12.4 Å². The van der Waals surface area contributed by atoms with Gasteiger partial charge >= 0.3 is 0 Å². The summed E-state index contributed by atoms with van der Waals surface area (Å²) in [5, 5.41) is 7.36. The van der Waals surface area contributed by atoms with E-state index in [1.54, 1.807) is 17.5 Å². The van der Waals surface area contributed by atoms with Crippen molar-refractivity contribution in [3.63, 3.8) is 0 Å². The Hall–Kier alpha value is -1.46. The van der Waals surface area contributed by atoms with Gasteiger partial charge in [-0.05, 0) is 35.2 Å². The zero-order valence-corrected chi connectivity index (χ0v) is 11.9. The van der Waals surface area contributed by atoms with E-state index in [-0.39, 0.29) is 0 Å². The summed E-state index contributed by atoms with van der Waals surface area (Å²) in [7, 11) is 1.86. The number of anilines is 1. The Kier molecular flexibility index (Phi) is 3.75. The molecule has 0 unspecified atom stereocenters. The van der Waals surface area contributed by atoms with E-state index in [4.69, 9.17) is 0 Å². The predicted octanol–water partition coefficient (Wildman–Crippen LogP) is 2.74. The van der Waals surface area contributed by atoms with E-state index in [2.05, 4.69) is 37.0 Å². The Labute approximate surface area is 117 Å². The molecule has 0 bridgehead atoms. The number of rotatable bonds is 6. The maximum Gasteiger partial charge on any atom is 0.144 e. The van der Waals surface area contributed by atoms with Crippen LogP contribution in [-0.4, -0.2) is 28.0 Å². The van der Waals surface area contributed by atoms with Crippen LogP contribution in [0.15, 0.2) is 29.2 Å². The van der Waals surface area contributed by atoms with Gasteiger partial charge in [-0.25, -0.2) is 4.98 Å². The lowest BCUT2D eigenvalue weighted by Gasteiger charge is -2.20. The maximum atomic E-state index is 4.46. The average molecular weight is 274 g/mol. The van der Waals surface area contributed by atoms with Gasteiger partial charge in [-0.15, -0.1) is 0 Å². The summed E-state index contributed by atoms with van der Waals surface area (Å²) in [6.45, 7) is 1.90. The number of hydrogen-bond acceptors (Lipinski definition) is 5. The highest BCUT2D eigenvalue weighted by atomic mass is 32.1. The molecule has 4 nitrogen and oxygen atoms in total. The van der Waals surface area contributed by atoms with Gasteiger partial charge in [-0.1, -0.05) is 0 Å². The molecular weight excluding hydrogens is 256 g/mol. The molecule has 2 aromatic heterocycles. The molecule has 0 radical (unpaired) electrons. The molecule has 1 saturated carbocycles. The molecule has 100 valence electrons. The highest BCUT2D eigenvalue weighted by Gasteiger charge is 2.29. The van der Waals surface area contributed by atoms with Gasteiger partial charge in [0.1, 0.15) is 5.82 Å². The summed E-state index contributed by atoms with van der Waals surface area (Å²) in [5.74, 6) is 0.819. The first kappa shape index (κ1) is 12.6. The number of hydrogen-bond donors (Lipinski definition) is 1. The van der Waals surface area contributed by atoms with Gasteiger partial charge < -0.3 is 5.32 Å². The van der Waals surface area contributed by atoms with Crippen molar-refractivity contribution in [1.29, 1.82) is 0 Å². The predicted molar refractivity (Wildman–Crippen MR) is 78.2 cm³/mol. The third-order valence-electron chi connectivity index (χ3n) is 3.36. The number of nitrogens with zero attached hydrogens (tertiary/aromatic N) is 3. The minimum absolute atomic E-state index is 0.727. The fourth-order valence-corrected chi connectivity index (χ4v) is 2.80. The number of thiophene rings is 1. The Balaban J connectivity index is 1.66. The second kappa shape index (κ2) is 5.67. The van der Waals surface area contributed by atoms with Crippen LogP contribution in [0.4, 0.5) is 5.82 Å². The Bertz CT molecular complexity index is 505. The van der Waals surface area contributed by atoms with Gasteiger partial charge in [0, 0.05) is 26.2 Å². The monoisotopic (exact) mass is 274 g/mol. The second-order valence-corrected chi connectivity index (χ2v) is 5.69. The Morgan fingerprint density at radius 2 is 2.21 bits per heavy atom. The summed E-state index contributed by atoms with van der Waals surface area (Å²) in [5.41, 5.74) is 2.44. The fraction of sp³-hybridized carbons (Fsp3) is 0.429. The van der Waals surface area contributed by atoms with Crippen LogP contribution >= 0.6 is 11.3 Å². The first-order valence-corrected chi connectivity index (χ1v) is 7.53. The molecule has 1 aliphatic rings. The van der Waals surface area contributed by atoms with Gasteiger partial charge in [0.05, 0.1) is 18.1 Å². The zero-order valence-electron chi connectivity index (χ0n) is 11.0. The standard InChI is InChI=1S/C14H18N4S/c1-15-14-7-16-12(6-17-14)9-18(13-2-3-13)8-11-4-5-19-10-11/h4-7,10,13H,2-3,8-9H2,1H3,(H,15,17). The molecule has 0 spiro atoms. The third kappa shape index (κ3) is 3.30. The smallest absolute Gasteiger partial charge is 0.144 e. The molecule has 0 aromatic carbocycles. The van der Waals surface area contributed by atoms with Crippen molar-refractivity contribution in [2.24, 2.45) is 0 Å². The summed E-state index contributed by atoms with van der Waals surface area (Å²) in [6, 6.07) is 2.93. The average Bonchev–Trinajstić information content (AvgIpc) is 3.17. The molecular formula is C14H18N4S. The fourth-order valence-electron chi connectivity index (χ4n) is 2.14. The molecule has 0 amide bonds. The van der Waals surface area contributed by atoms with Crippen LogP contribution in [0.1, 0.15) is 24.1 Å². The van der Waals surface area contributed by atoms with Crippen LogP contribution in [0.3, 0.4) is 0 Å². The van der Waals surface area contributed by atoms with Crippen LogP contribution in [-0.2, 0) is 13.1 Å². The van der Waals surface area contributed by atoms with Crippen LogP contribution in [0.2, 0.25) is 0 Å². The van der Waals surface area contributed by atoms with Gasteiger partial charge in [0.2, 0.25) is 0 Å². The van der Waals surface area contributed by atoms with Crippen LogP contribution in [0, 0.1) is 0 Å². The minimum atomic E-state index is 0.727. The lowest BCUT2D eigenvalue weighted by Crippen LogP contribution is -2.25. The lowest BCUT2D eigenvalue weighted by atomic mass is 10.3. The molecule has 0 aliphatic heterocycles. The quantitative estimate of drug-likeness (QED) is 0.879. The van der Waals surface area contributed by atoms with Gasteiger partial charge in [-0.3, -0.25) is 9.88 Å². The first-order chi connectivity index (χ1) is 9.35. The Morgan fingerprint density at radius 3 is 2.79 bits per heavy atom. The van der Waals surface area contributed by atoms with Gasteiger partial charge in [0.25, 0.3) is 0 Å². The molecule has 3 rings (SSSR count). The molecule has 19 heavy (non-hydrogen) atoms. The molecule has 1 fully saturated rings. The normalized spacial score (nSPS) is 14.8. The van der Waals surface area contributed by atoms with E-state index >= 15 is 0 Å². The zero-order chi connectivity index (χ0) is 13.1. The van der Waals surface area contributed by atoms with E-state index in [9.17, 15) is 0 Å². The van der Waals surface area contributed by atoms with Gasteiger partial charge in [0.15, 0.2) is 0 Å². The van der Waals surface area contributed by atoms with Crippen molar-refractivity contribution in [3.05, 3.63) is 40.5 Å². The molecule has 2 aromatic rings. The summed E-state index contributed by atoms with van der Waals surface area (Å²) in [6.07, 6.45) is 6.29. The second-order valence-electron chi connectivity index (χ2n) is 4.91. The summed E-state index contributed by atoms with van der Waals surface area (Å²) in [4.78, 5) is 11.3. The van der Waals surface area contributed by atoms with Crippen molar-refractivity contribution in [2.45, 2.75) is 32.0 Å². The highest BCUT2D eigenvalue weighted by Crippen LogP contribution is 2.29. The Morgan fingerprint density at radius 1 is 1.32 bits per heavy atom. The van der Waals surface area contributed by atoms with Crippen molar-refractivity contribution in [3.8, 4) is 0 Å². The van der Waals surface area contributed by atoms with E-state index in [0.29, 0.717) is 0 Å². The largest absolute Gasteiger partial charge is 0.372 e. The molecule has 1 aliphatic carbocycles.